The summed E-state index contributed by atoms with van der Waals surface area (Å²) in [5.74, 6) is 2.65. The molecule has 1 N–H and O–H groups in total. The highest BCUT2D eigenvalue weighted by atomic mass is 16.5. The zero-order valence-electron chi connectivity index (χ0n) is 13.3. The van der Waals surface area contributed by atoms with Gasteiger partial charge in [-0.3, -0.25) is 4.90 Å². The number of nitrogens with zero attached hydrogens (tertiary/aromatic N) is 1. The van der Waals surface area contributed by atoms with Gasteiger partial charge >= 0.3 is 0 Å². The van der Waals surface area contributed by atoms with Gasteiger partial charge in [0.25, 0.3) is 0 Å². The van der Waals surface area contributed by atoms with Gasteiger partial charge in [-0.15, -0.1) is 0 Å². The number of rotatable bonds is 5. The topological polar surface area (TPSA) is 24.5 Å². The van der Waals surface area contributed by atoms with E-state index < -0.39 is 0 Å². The lowest BCUT2D eigenvalue weighted by Gasteiger charge is -2.45. The molecule has 0 aromatic heterocycles. The van der Waals surface area contributed by atoms with Gasteiger partial charge in [0.15, 0.2) is 0 Å². The molecule has 3 nitrogen and oxygen atoms in total. The number of hydrogen-bond acceptors (Lipinski definition) is 3. The quantitative estimate of drug-likeness (QED) is 0.837. The van der Waals surface area contributed by atoms with Crippen molar-refractivity contribution in [2.24, 2.45) is 17.8 Å². The zero-order valence-corrected chi connectivity index (χ0v) is 13.3. The van der Waals surface area contributed by atoms with Crippen molar-refractivity contribution in [3.05, 3.63) is 0 Å². The van der Waals surface area contributed by atoms with Gasteiger partial charge in [0.2, 0.25) is 0 Å². The van der Waals surface area contributed by atoms with Crippen LogP contribution in [0, 0.1) is 17.8 Å². The van der Waals surface area contributed by atoms with Crippen LogP contribution in [0.1, 0.15) is 46.0 Å². The Morgan fingerprint density at radius 3 is 2.60 bits per heavy atom. The molecule has 1 aliphatic carbocycles. The third-order valence-corrected chi connectivity index (χ3v) is 5.81. The van der Waals surface area contributed by atoms with Crippen LogP contribution in [0.25, 0.3) is 0 Å². The molecule has 20 heavy (non-hydrogen) atoms. The third-order valence-electron chi connectivity index (χ3n) is 5.81. The molecule has 3 unspecified atom stereocenters. The lowest BCUT2D eigenvalue weighted by molar-refractivity contribution is 0.0234. The second-order valence-corrected chi connectivity index (χ2v) is 7.31. The fraction of sp³-hybridized carbons (Fsp3) is 1.00. The van der Waals surface area contributed by atoms with Crippen molar-refractivity contribution in [2.45, 2.75) is 58.0 Å². The fourth-order valence-corrected chi connectivity index (χ4v) is 3.97. The molecule has 116 valence electrons. The molecular formula is C17H32N2O. The van der Waals surface area contributed by atoms with E-state index in [4.69, 9.17) is 4.74 Å². The van der Waals surface area contributed by atoms with Crippen LogP contribution in [0.3, 0.4) is 0 Å². The van der Waals surface area contributed by atoms with Crippen LogP contribution in [0.4, 0.5) is 0 Å². The van der Waals surface area contributed by atoms with Crippen LogP contribution in [0.15, 0.2) is 0 Å². The maximum Gasteiger partial charge on any atom is 0.0469 e. The second-order valence-electron chi connectivity index (χ2n) is 7.31. The highest BCUT2D eigenvalue weighted by Gasteiger charge is 2.38. The van der Waals surface area contributed by atoms with Crippen LogP contribution in [-0.4, -0.2) is 49.8 Å². The molecule has 3 aliphatic rings. The Balaban J connectivity index is 1.60. The van der Waals surface area contributed by atoms with Gasteiger partial charge in [-0.2, -0.15) is 0 Å². The Labute approximate surface area is 124 Å². The Morgan fingerprint density at radius 1 is 1.20 bits per heavy atom. The predicted octanol–water partition coefficient (Wildman–Crippen LogP) is 2.51. The first kappa shape index (κ1) is 14.8. The van der Waals surface area contributed by atoms with Crippen molar-refractivity contribution in [3.8, 4) is 0 Å². The monoisotopic (exact) mass is 280 g/mol. The standard InChI is InChI=1S/C17H32N2O/c1-3-13(2)17-10-18-16(15-4-5-15)12-19(17)11-14-6-8-20-9-7-14/h13-18H,3-12H2,1-2H3. The lowest BCUT2D eigenvalue weighted by atomic mass is 9.91. The summed E-state index contributed by atoms with van der Waals surface area (Å²) in [7, 11) is 0. The van der Waals surface area contributed by atoms with Crippen LogP contribution in [0.5, 0.6) is 0 Å². The Morgan fingerprint density at radius 2 is 1.95 bits per heavy atom. The Hall–Kier alpha value is -0.120. The van der Waals surface area contributed by atoms with E-state index in [1.807, 2.05) is 0 Å². The predicted molar refractivity (Wildman–Crippen MR) is 82.9 cm³/mol. The number of ether oxygens (including phenoxy) is 1. The molecule has 3 atom stereocenters. The first-order valence-electron chi connectivity index (χ1n) is 8.83. The molecule has 3 rings (SSSR count). The van der Waals surface area contributed by atoms with E-state index in [1.165, 1.54) is 51.7 Å². The normalized spacial score (nSPS) is 35.1. The minimum Gasteiger partial charge on any atom is -0.381 e. The zero-order chi connectivity index (χ0) is 13.9. The molecule has 0 aromatic carbocycles. The van der Waals surface area contributed by atoms with Gasteiger partial charge < -0.3 is 10.1 Å². The van der Waals surface area contributed by atoms with Crippen molar-refractivity contribution in [1.82, 2.24) is 10.2 Å². The summed E-state index contributed by atoms with van der Waals surface area (Å²) in [6, 6.07) is 1.52. The molecule has 1 saturated carbocycles. The highest BCUT2D eigenvalue weighted by molar-refractivity contribution is 4.96. The summed E-state index contributed by atoms with van der Waals surface area (Å²) >= 11 is 0. The van der Waals surface area contributed by atoms with Gasteiger partial charge in [-0.05, 0) is 43.4 Å². The molecule has 2 saturated heterocycles. The van der Waals surface area contributed by atoms with E-state index in [-0.39, 0.29) is 0 Å². The number of hydrogen-bond donors (Lipinski definition) is 1. The van der Waals surface area contributed by atoms with E-state index in [0.717, 1.165) is 43.1 Å². The first-order chi connectivity index (χ1) is 9.78. The van der Waals surface area contributed by atoms with E-state index in [1.54, 1.807) is 0 Å². The third kappa shape index (κ3) is 3.55. The van der Waals surface area contributed by atoms with Crippen LogP contribution in [0.2, 0.25) is 0 Å². The molecule has 2 heterocycles. The summed E-state index contributed by atoms with van der Waals surface area (Å²) in [4.78, 5) is 2.84. The molecule has 3 fully saturated rings. The molecular weight excluding hydrogens is 248 g/mol. The number of nitrogens with one attached hydrogen (secondary N) is 1. The van der Waals surface area contributed by atoms with Crippen molar-refractivity contribution in [2.75, 3.05) is 32.8 Å². The van der Waals surface area contributed by atoms with Crippen molar-refractivity contribution in [1.29, 1.82) is 0 Å². The first-order valence-corrected chi connectivity index (χ1v) is 8.83. The van der Waals surface area contributed by atoms with Gasteiger partial charge in [0, 0.05) is 44.9 Å². The van der Waals surface area contributed by atoms with Crippen LogP contribution in [-0.2, 0) is 4.74 Å². The van der Waals surface area contributed by atoms with Gasteiger partial charge in [0.05, 0.1) is 0 Å². The van der Waals surface area contributed by atoms with E-state index in [0.29, 0.717) is 0 Å². The van der Waals surface area contributed by atoms with Crippen LogP contribution >= 0.6 is 0 Å². The fourth-order valence-electron chi connectivity index (χ4n) is 3.97. The summed E-state index contributed by atoms with van der Waals surface area (Å²) < 4.78 is 5.52. The smallest absolute Gasteiger partial charge is 0.0469 e. The van der Waals surface area contributed by atoms with Gasteiger partial charge in [0.1, 0.15) is 0 Å². The van der Waals surface area contributed by atoms with Gasteiger partial charge in [-0.1, -0.05) is 20.3 Å². The minimum absolute atomic E-state index is 0.748. The highest BCUT2D eigenvalue weighted by Crippen LogP contribution is 2.35. The molecule has 2 aliphatic heterocycles. The molecule has 3 heteroatoms. The number of piperazine rings is 1. The van der Waals surface area contributed by atoms with Crippen molar-refractivity contribution in [3.63, 3.8) is 0 Å². The van der Waals surface area contributed by atoms with E-state index in [9.17, 15) is 0 Å². The Kier molecular flexibility index (Phi) is 5.00. The largest absolute Gasteiger partial charge is 0.381 e. The molecule has 0 aromatic rings. The van der Waals surface area contributed by atoms with Crippen molar-refractivity contribution >= 4 is 0 Å². The summed E-state index contributed by atoms with van der Waals surface area (Å²) in [6.07, 6.45) is 6.74. The lowest BCUT2D eigenvalue weighted by Crippen LogP contribution is -2.60. The SMILES string of the molecule is CCC(C)C1CNC(C2CC2)CN1CC1CCOCC1. The average molecular weight is 280 g/mol. The summed E-state index contributed by atoms with van der Waals surface area (Å²) in [5, 5.41) is 3.85. The van der Waals surface area contributed by atoms with E-state index in [2.05, 4.69) is 24.1 Å². The van der Waals surface area contributed by atoms with E-state index >= 15 is 0 Å². The second kappa shape index (κ2) is 6.76. The molecule has 0 amide bonds. The molecule has 0 bridgehead atoms. The van der Waals surface area contributed by atoms with Gasteiger partial charge in [-0.25, -0.2) is 0 Å². The summed E-state index contributed by atoms with van der Waals surface area (Å²) in [6.45, 7) is 10.5. The summed E-state index contributed by atoms with van der Waals surface area (Å²) in [5.41, 5.74) is 0. The average Bonchev–Trinajstić information content (AvgIpc) is 3.32. The van der Waals surface area contributed by atoms with Crippen molar-refractivity contribution < 1.29 is 4.74 Å². The molecule has 0 spiro atoms. The maximum atomic E-state index is 5.52. The molecule has 0 radical (unpaired) electrons. The Bertz CT molecular complexity index is 299. The minimum atomic E-state index is 0.748. The van der Waals surface area contributed by atoms with Crippen LogP contribution < -0.4 is 5.32 Å². The maximum absolute atomic E-state index is 5.52.